The Hall–Kier alpha value is -1.14. The molecule has 1 aliphatic rings. The van der Waals surface area contributed by atoms with Gasteiger partial charge in [0.05, 0.1) is 12.7 Å². The summed E-state index contributed by atoms with van der Waals surface area (Å²) in [5.74, 6) is -0.142. The van der Waals surface area contributed by atoms with Crippen LogP contribution in [0.25, 0.3) is 0 Å². The molecule has 1 aromatic rings. The van der Waals surface area contributed by atoms with E-state index in [4.69, 9.17) is 15.2 Å². The quantitative estimate of drug-likeness (QED) is 0.871. The van der Waals surface area contributed by atoms with Gasteiger partial charge >= 0.3 is 0 Å². The van der Waals surface area contributed by atoms with E-state index in [1.807, 2.05) is 38.1 Å². The van der Waals surface area contributed by atoms with Crippen molar-refractivity contribution in [3.05, 3.63) is 29.8 Å². The Labute approximate surface area is 138 Å². The number of hydrogen-bond donors (Lipinski definition) is 2. The van der Waals surface area contributed by atoms with Crippen LogP contribution in [0, 0.1) is 0 Å². The van der Waals surface area contributed by atoms with Crippen molar-refractivity contribution < 1.29 is 14.3 Å². The van der Waals surface area contributed by atoms with E-state index in [2.05, 4.69) is 5.32 Å². The second-order valence-corrected chi connectivity index (χ2v) is 5.78. The molecule has 1 saturated heterocycles. The molecule has 1 heterocycles. The second kappa shape index (κ2) is 8.48. The average molecular weight is 329 g/mol. The van der Waals surface area contributed by atoms with E-state index in [0.29, 0.717) is 32.7 Å². The molecule has 6 heteroatoms. The molecule has 0 radical (unpaired) electrons. The van der Waals surface area contributed by atoms with E-state index >= 15 is 0 Å². The third-order valence-corrected chi connectivity index (χ3v) is 3.63. The molecule has 124 valence electrons. The summed E-state index contributed by atoms with van der Waals surface area (Å²) in [4.78, 5) is 12.3. The standard InChI is InChI=1S/C16H24N2O3.ClH/c1-12(2)21-11-13-3-5-14(6-4-13)18-15(19)16(17)7-9-20-10-8-16;/h3-6,12H,7-11,17H2,1-2H3,(H,18,19);1H. The van der Waals surface area contributed by atoms with E-state index in [1.54, 1.807) is 0 Å². The number of rotatable bonds is 5. The number of ether oxygens (including phenoxy) is 2. The predicted molar refractivity (Wildman–Crippen MR) is 89.2 cm³/mol. The van der Waals surface area contributed by atoms with Gasteiger partial charge in [-0.25, -0.2) is 0 Å². The zero-order valence-electron chi connectivity index (χ0n) is 13.1. The Bertz CT molecular complexity index is 471. The molecular formula is C16H25ClN2O3. The summed E-state index contributed by atoms with van der Waals surface area (Å²) in [5.41, 5.74) is 7.16. The van der Waals surface area contributed by atoms with Crippen LogP contribution in [0.2, 0.25) is 0 Å². The van der Waals surface area contributed by atoms with Gasteiger partial charge in [0.2, 0.25) is 5.91 Å². The third kappa shape index (κ3) is 5.25. The molecule has 22 heavy (non-hydrogen) atoms. The zero-order chi connectivity index (χ0) is 15.3. The van der Waals surface area contributed by atoms with E-state index in [1.165, 1.54) is 0 Å². The number of anilines is 1. The fraction of sp³-hybridized carbons (Fsp3) is 0.562. The van der Waals surface area contributed by atoms with E-state index in [-0.39, 0.29) is 24.4 Å². The SMILES string of the molecule is CC(C)OCc1ccc(NC(=O)C2(N)CCOCC2)cc1.Cl. The Morgan fingerprint density at radius 3 is 2.45 bits per heavy atom. The molecule has 2 rings (SSSR count). The van der Waals surface area contributed by atoms with Crippen molar-refractivity contribution in [3.63, 3.8) is 0 Å². The van der Waals surface area contributed by atoms with Gasteiger partial charge in [-0.1, -0.05) is 12.1 Å². The molecule has 0 spiro atoms. The second-order valence-electron chi connectivity index (χ2n) is 5.78. The number of amides is 1. The molecule has 1 aromatic carbocycles. The van der Waals surface area contributed by atoms with Crippen molar-refractivity contribution in [2.24, 2.45) is 5.73 Å². The van der Waals surface area contributed by atoms with Crippen LogP contribution in [0.1, 0.15) is 32.3 Å². The Morgan fingerprint density at radius 2 is 1.91 bits per heavy atom. The van der Waals surface area contributed by atoms with Crippen molar-refractivity contribution in [2.75, 3.05) is 18.5 Å². The third-order valence-electron chi connectivity index (χ3n) is 3.63. The van der Waals surface area contributed by atoms with Gasteiger partial charge in [-0.15, -0.1) is 12.4 Å². The lowest BCUT2D eigenvalue weighted by atomic mass is 9.90. The van der Waals surface area contributed by atoms with Crippen LogP contribution in [0.3, 0.4) is 0 Å². The lowest BCUT2D eigenvalue weighted by Gasteiger charge is -2.31. The number of carbonyl (C=O) groups is 1. The van der Waals surface area contributed by atoms with Crippen LogP contribution < -0.4 is 11.1 Å². The number of hydrogen-bond acceptors (Lipinski definition) is 4. The molecule has 1 aliphatic heterocycles. The lowest BCUT2D eigenvalue weighted by Crippen LogP contribution is -2.54. The number of nitrogens with two attached hydrogens (primary N) is 1. The number of carbonyl (C=O) groups excluding carboxylic acids is 1. The van der Waals surface area contributed by atoms with Crippen molar-refractivity contribution in [1.82, 2.24) is 0 Å². The van der Waals surface area contributed by atoms with Crippen LogP contribution in [-0.2, 0) is 20.9 Å². The zero-order valence-corrected chi connectivity index (χ0v) is 13.9. The van der Waals surface area contributed by atoms with Gasteiger partial charge in [0.1, 0.15) is 5.54 Å². The normalized spacial score (nSPS) is 16.9. The summed E-state index contributed by atoms with van der Waals surface area (Å²) in [6.45, 7) is 5.65. The minimum absolute atomic E-state index is 0. The first-order chi connectivity index (χ1) is 9.99. The Morgan fingerprint density at radius 1 is 1.32 bits per heavy atom. The van der Waals surface area contributed by atoms with Gasteiger partial charge in [0, 0.05) is 18.9 Å². The van der Waals surface area contributed by atoms with Gasteiger partial charge in [-0.05, 0) is 44.4 Å². The summed E-state index contributed by atoms with van der Waals surface area (Å²) in [6, 6.07) is 7.65. The monoisotopic (exact) mass is 328 g/mol. The minimum Gasteiger partial charge on any atom is -0.381 e. The van der Waals surface area contributed by atoms with Gasteiger partial charge in [0.25, 0.3) is 0 Å². The molecule has 1 fully saturated rings. The summed E-state index contributed by atoms with van der Waals surface area (Å²) in [6.07, 6.45) is 1.31. The molecule has 5 nitrogen and oxygen atoms in total. The van der Waals surface area contributed by atoms with Gasteiger partial charge in [-0.2, -0.15) is 0 Å². The van der Waals surface area contributed by atoms with Gasteiger partial charge in [0.15, 0.2) is 0 Å². The van der Waals surface area contributed by atoms with Crippen LogP contribution >= 0.6 is 12.4 Å². The molecule has 0 atom stereocenters. The maximum atomic E-state index is 12.3. The van der Waals surface area contributed by atoms with Gasteiger partial charge < -0.3 is 20.5 Å². The largest absolute Gasteiger partial charge is 0.381 e. The highest BCUT2D eigenvalue weighted by atomic mass is 35.5. The number of benzene rings is 1. The molecule has 0 aliphatic carbocycles. The highest BCUT2D eigenvalue weighted by molar-refractivity contribution is 5.98. The maximum absolute atomic E-state index is 12.3. The summed E-state index contributed by atoms with van der Waals surface area (Å²) in [5, 5.41) is 2.88. The van der Waals surface area contributed by atoms with Crippen molar-refractivity contribution in [1.29, 1.82) is 0 Å². The molecule has 0 aromatic heterocycles. The summed E-state index contributed by atoms with van der Waals surface area (Å²) >= 11 is 0. The number of nitrogens with one attached hydrogen (secondary N) is 1. The van der Waals surface area contributed by atoms with E-state index in [0.717, 1.165) is 11.3 Å². The van der Waals surface area contributed by atoms with Crippen molar-refractivity contribution in [2.45, 2.75) is 44.9 Å². The van der Waals surface area contributed by atoms with Crippen molar-refractivity contribution in [3.8, 4) is 0 Å². The molecule has 0 bridgehead atoms. The van der Waals surface area contributed by atoms with E-state index in [9.17, 15) is 4.79 Å². The van der Waals surface area contributed by atoms with Gasteiger partial charge in [-0.3, -0.25) is 4.79 Å². The topological polar surface area (TPSA) is 73.6 Å². The Balaban J connectivity index is 0.00000242. The number of halogens is 1. The predicted octanol–water partition coefficient (Wildman–Crippen LogP) is 2.48. The van der Waals surface area contributed by atoms with Crippen LogP contribution in [0.5, 0.6) is 0 Å². The Kier molecular flexibility index (Phi) is 7.29. The fourth-order valence-electron chi connectivity index (χ4n) is 2.17. The summed E-state index contributed by atoms with van der Waals surface area (Å²) in [7, 11) is 0. The van der Waals surface area contributed by atoms with Crippen LogP contribution in [0.15, 0.2) is 24.3 Å². The van der Waals surface area contributed by atoms with E-state index < -0.39 is 5.54 Å². The minimum atomic E-state index is -0.822. The maximum Gasteiger partial charge on any atom is 0.244 e. The molecular weight excluding hydrogens is 304 g/mol. The molecule has 0 unspecified atom stereocenters. The van der Waals surface area contributed by atoms with Crippen molar-refractivity contribution >= 4 is 24.0 Å². The van der Waals surface area contributed by atoms with Crippen LogP contribution in [0.4, 0.5) is 5.69 Å². The fourth-order valence-corrected chi connectivity index (χ4v) is 2.17. The molecule has 3 N–H and O–H groups in total. The average Bonchev–Trinajstić information content (AvgIpc) is 2.47. The smallest absolute Gasteiger partial charge is 0.244 e. The highest BCUT2D eigenvalue weighted by Crippen LogP contribution is 2.20. The highest BCUT2D eigenvalue weighted by Gasteiger charge is 2.35. The molecule has 1 amide bonds. The lowest BCUT2D eigenvalue weighted by molar-refractivity contribution is -0.124. The first-order valence-corrected chi connectivity index (χ1v) is 7.38. The first kappa shape index (κ1) is 18.9. The molecule has 0 saturated carbocycles. The summed E-state index contributed by atoms with van der Waals surface area (Å²) < 4.78 is 10.8. The first-order valence-electron chi connectivity index (χ1n) is 7.38. The van der Waals surface area contributed by atoms with Crippen LogP contribution in [-0.4, -0.2) is 30.8 Å².